The lowest BCUT2D eigenvalue weighted by atomic mass is 10.0. The number of piperidine rings is 1. The van der Waals surface area contributed by atoms with Crippen LogP contribution in [0.15, 0.2) is 40.9 Å². The lowest BCUT2D eigenvalue weighted by Crippen LogP contribution is -2.42. The summed E-state index contributed by atoms with van der Waals surface area (Å²) in [6, 6.07) is 10.1. The summed E-state index contributed by atoms with van der Waals surface area (Å²) in [7, 11) is 0. The molecule has 7 nitrogen and oxygen atoms in total. The van der Waals surface area contributed by atoms with Gasteiger partial charge in [0, 0.05) is 36.2 Å². The van der Waals surface area contributed by atoms with Gasteiger partial charge in [-0.15, -0.1) is 10.2 Å². The summed E-state index contributed by atoms with van der Waals surface area (Å²) < 4.78 is 11.5. The van der Waals surface area contributed by atoms with Gasteiger partial charge in [-0.3, -0.25) is 0 Å². The zero-order valence-corrected chi connectivity index (χ0v) is 15.6. The highest BCUT2D eigenvalue weighted by atomic mass is 16.5. The number of benzene rings is 1. The predicted octanol–water partition coefficient (Wildman–Crippen LogP) is 3.47. The number of nitrogens with one attached hydrogen (secondary N) is 1. The van der Waals surface area contributed by atoms with E-state index in [2.05, 4.69) is 20.5 Å². The summed E-state index contributed by atoms with van der Waals surface area (Å²) in [5, 5.41) is 22.5. The molecule has 5 rings (SSSR count). The molecule has 2 aliphatic rings. The zero-order valence-electron chi connectivity index (χ0n) is 15.6. The first-order chi connectivity index (χ1) is 13.6. The van der Waals surface area contributed by atoms with Crippen molar-refractivity contribution in [3.05, 3.63) is 42.4 Å². The van der Waals surface area contributed by atoms with Crippen molar-refractivity contribution in [3.63, 3.8) is 0 Å². The van der Waals surface area contributed by atoms with Gasteiger partial charge in [-0.25, -0.2) is 4.98 Å². The Bertz CT molecular complexity index is 974. The van der Waals surface area contributed by atoms with E-state index in [1.165, 1.54) is 12.8 Å². The Hall–Kier alpha value is -2.93. The second-order valence-corrected chi connectivity index (χ2v) is 7.58. The molecule has 28 heavy (non-hydrogen) atoms. The minimum Gasteiger partial charge on any atom is -0.507 e. The maximum atomic E-state index is 10.4. The lowest BCUT2D eigenvalue weighted by Gasteiger charge is -2.28. The van der Waals surface area contributed by atoms with E-state index in [1.54, 1.807) is 25.3 Å². The van der Waals surface area contributed by atoms with Gasteiger partial charge in [0.1, 0.15) is 11.9 Å². The number of phenols is 1. The zero-order chi connectivity index (χ0) is 19.1. The van der Waals surface area contributed by atoms with Crippen molar-refractivity contribution in [2.75, 3.05) is 0 Å². The Morgan fingerprint density at radius 2 is 1.93 bits per heavy atom. The van der Waals surface area contributed by atoms with Crippen molar-refractivity contribution in [3.8, 4) is 34.2 Å². The summed E-state index contributed by atoms with van der Waals surface area (Å²) >= 11 is 0. The molecule has 0 radical (unpaired) electrons. The number of aromatic hydroxyl groups is 1. The molecule has 1 aromatic carbocycles. The smallest absolute Gasteiger partial charge is 0.233 e. The average Bonchev–Trinajstić information content (AvgIpc) is 3.27. The van der Waals surface area contributed by atoms with E-state index in [-0.39, 0.29) is 11.9 Å². The van der Waals surface area contributed by atoms with Gasteiger partial charge in [0.05, 0.1) is 11.9 Å². The Morgan fingerprint density at radius 3 is 2.57 bits per heavy atom. The number of hydrogen-bond acceptors (Lipinski definition) is 7. The fourth-order valence-corrected chi connectivity index (χ4v) is 4.19. The molecule has 3 aromatic rings. The molecule has 2 fully saturated rings. The van der Waals surface area contributed by atoms with Crippen LogP contribution in [0.2, 0.25) is 0 Å². The van der Waals surface area contributed by atoms with E-state index in [1.807, 2.05) is 18.2 Å². The van der Waals surface area contributed by atoms with Crippen molar-refractivity contribution >= 4 is 0 Å². The van der Waals surface area contributed by atoms with E-state index in [4.69, 9.17) is 9.15 Å². The SMILES string of the molecule is Cc1ncc(-c2ccc(-c3ccc(OC4CC5CCC(C4)N5)nn3)c(O)c2)o1. The van der Waals surface area contributed by atoms with Crippen LogP contribution in [0.5, 0.6) is 11.6 Å². The minimum absolute atomic E-state index is 0.115. The Labute approximate surface area is 162 Å². The summed E-state index contributed by atoms with van der Waals surface area (Å²) in [5.41, 5.74) is 1.96. The third-order valence-corrected chi connectivity index (χ3v) is 5.54. The maximum Gasteiger partial charge on any atom is 0.233 e. The quantitative estimate of drug-likeness (QED) is 0.718. The van der Waals surface area contributed by atoms with E-state index < -0.39 is 0 Å². The molecule has 2 N–H and O–H groups in total. The first-order valence-corrected chi connectivity index (χ1v) is 9.66. The van der Waals surface area contributed by atoms with Crippen LogP contribution in [0.25, 0.3) is 22.6 Å². The van der Waals surface area contributed by atoms with Crippen LogP contribution in [0, 0.1) is 6.92 Å². The van der Waals surface area contributed by atoms with Crippen LogP contribution in [-0.4, -0.2) is 38.5 Å². The monoisotopic (exact) mass is 378 g/mol. The molecule has 4 heterocycles. The molecule has 2 saturated heterocycles. The van der Waals surface area contributed by atoms with Crippen molar-refractivity contribution in [1.82, 2.24) is 20.5 Å². The molecule has 2 unspecified atom stereocenters. The number of rotatable bonds is 4. The number of aryl methyl sites for hydroxylation is 1. The molecule has 7 heteroatoms. The highest BCUT2D eigenvalue weighted by Gasteiger charge is 2.34. The van der Waals surface area contributed by atoms with Gasteiger partial charge in [0.25, 0.3) is 0 Å². The first kappa shape index (κ1) is 17.2. The van der Waals surface area contributed by atoms with Crippen LogP contribution in [0.1, 0.15) is 31.6 Å². The largest absolute Gasteiger partial charge is 0.507 e. The van der Waals surface area contributed by atoms with Crippen molar-refractivity contribution < 1.29 is 14.3 Å². The number of oxazole rings is 1. The van der Waals surface area contributed by atoms with Crippen molar-refractivity contribution in [2.45, 2.75) is 50.8 Å². The number of fused-ring (bicyclic) bond motifs is 2. The first-order valence-electron chi connectivity index (χ1n) is 9.66. The number of phenolic OH excluding ortho intramolecular Hbond substituents is 1. The molecule has 0 aliphatic carbocycles. The summed E-state index contributed by atoms with van der Waals surface area (Å²) in [6.45, 7) is 1.78. The summed E-state index contributed by atoms with van der Waals surface area (Å²) in [4.78, 5) is 4.09. The van der Waals surface area contributed by atoms with E-state index >= 15 is 0 Å². The van der Waals surface area contributed by atoms with Gasteiger partial charge in [-0.2, -0.15) is 0 Å². The average molecular weight is 378 g/mol. The van der Waals surface area contributed by atoms with Crippen LogP contribution in [-0.2, 0) is 0 Å². The standard InChI is InChI=1S/C21H22N4O3/c1-12-22-11-20(27-12)13-2-5-17(19(26)8-13)18-6-7-21(25-24-18)28-16-9-14-3-4-15(10-16)23-14/h2,5-8,11,14-16,23,26H,3-4,9-10H2,1H3. The molecule has 144 valence electrons. The Morgan fingerprint density at radius 1 is 1.11 bits per heavy atom. The predicted molar refractivity (Wildman–Crippen MR) is 103 cm³/mol. The van der Waals surface area contributed by atoms with Crippen molar-refractivity contribution in [2.24, 2.45) is 0 Å². The Kier molecular flexibility index (Phi) is 4.24. The Balaban J connectivity index is 1.31. The minimum atomic E-state index is 0.115. The molecular weight excluding hydrogens is 356 g/mol. The third kappa shape index (κ3) is 3.33. The normalized spacial score (nSPS) is 23.7. The summed E-state index contributed by atoms with van der Waals surface area (Å²) in [6.07, 6.45) is 6.34. The fraction of sp³-hybridized carbons (Fsp3) is 0.381. The van der Waals surface area contributed by atoms with Crippen molar-refractivity contribution in [1.29, 1.82) is 0 Å². The second kappa shape index (κ2) is 6.91. The molecule has 2 aliphatic heterocycles. The molecule has 2 atom stereocenters. The van der Waals surface area contributed by atoms with Crippen LogP contribution in [0.3, 0.4) is 0 Å². The number of ether oxygens (including phenoxy) is 1. The second-order valence-electron chi connectivity index (χ2n) is 7.58. The lowest BCUT2D eigenvalue weighted by molar-refractivity contribution is 0.130. The fourth-order valence-electron chi connectivity index (χ4n) is 4.19. The van der Waals surface area contributed by atoms with E-state index in [0.717, 1.165) is 18.4 Å². The van der Waals surface area contributed by atoms with Crippen LogP contribution < -0.4 is 10.1 Å². The van der Waals surface area contributed by atoms with Gasteiger partial charge in [-0.1, -0.05) is 6.07 Å². The van der Waals surface area contributed by atoms with Gasteiger partial charge in [-0.05, 0) is 43.9 Å². The molecule has 0 amide bonds. The molecule has 2 aromatic heterocycles. The van der Waals surface area contributed by atoms with E-state index in [9.17, 15) is 5.11 Å². The maximum absolute atomic E-state index is 10.4. The number of aromatic nitrogens is 3. The van der Waals surface area contributed by atoms with Crippen LogP contribution in [0.4, 0.5) is 0 Å². The molecular formula is C21H22N4O3. The topological polar surface area (TPSA) is 93.3 Å². The van der Waals surface area contributed by atoms with Gasteiger partial charge in [0.15, 0.2) is 11.7 Å². The van der Waals surface area contributed by atoms with Gasteiger partial charge in [0.2, 0.25) is 5.88 Å². The van der Waals surface area contributed by atoms with E-state index in [0.29, 0.717) is 40.9 Å². The highest BCUT2D eigenvalue weighted by Crippen LogP contribution is 2.33. The summed E-state index contributed by atoms with van der Waals surface area (Å²) in [5.74, 6) is 1.85. The molecule has 0 saturated carbocycles. The number of nitrogens with zero attached hydrogens (tertiary/aromatic N) is 3. The molecule has 2 bridgehead atoms. The van der Waals surface area contributed by atoms with Gasteiger partial charge < -0.3 is 19.6 Å². The van der Waals surface area contributed by atoms with Gasteiger partial charge >= 0.3 is 0 Å². The number of hydrogen-bond donors (Lipinski definition) is 2. The third-order valence-electron chi connectivity index (χ3n) is 5.54. The van der Waals surface area contributed by atoms with Crippen LogP contribution >= 0.6 is 0 Å². The highest BCUT2D eigenvalue weighted by molar-refractivity contribution is 5.72. The molecule has 0 spiro atoms.